The fourth-order valence-corrected chi connectivity index (χ4v) is 2.61. The molecule has 1 saturated heterocycles. The summed E-state index contributed by atoms with van der Waals surface area (Å²) in [5.41, 5.74) is 1.16. The molecule has 1 aromatic heterocycles. The summed E-state index contributed by atoms with van der Waals surface area (Å²) < 4.78 is 0. The SMILES string of the molecule is CC1CCN(Cc2ccnc(C(=O)O)c2)C(C)C1. The average molecular weight is 248 g/mol. The van der Waals surface area contributed by atoms with Crippen molar-refractivity contribution in [3.8, 4) is 0 Å². The van der Waals surface area contributed by atoms with E-state index >= 15 is 0 Å². The lowest BCUT2D eigenvalue weighted by molar-refractivity contribution is 0.0690. The van der Waals surface area contributed by atoms with Gasteiger partial charge in [0.05, 0.1) is 0 Å². The fraction of sp³-hybridized carbons (Fsp3) is 0.571. The van der Waals surface area contributed by atoms with E-state index in [1.807, 2.05) is 6.07 Å². The normalized spacial score (nSPS) is 25.0. The average Bonchev–Trinajstić information content (AvgIpc) is 2.33. The van der Waals surface area contributed by atoms with Gasteiger partial charge >= 0.3 is 5.97 Å². The molecule has 1 aliphatic rings. The minimum atomic E-state index is -0.961. The summed E-state index contributed by atoms with van der Waals surface area (Å²) in [4.78, 5) is 17.1. The molecular formula is C14H20N2O2. The Kier molecular flexibility index (Phi) is 3.97. The zero-order valence-corrected chi connectivity index (χ0v) is 11.0. The number of carboxylic acid groups (broad SMARTS) is 1. The van der Waals surface area contributed by atoms with E-state index in [0.29, 0.717) is 6.04 Å². The number of aromatic nitrogens is 1. The molecule has 0 amide bonds. The van der Waals surface area contributed by atoms with E-state index in [4.69, 9.17) is 5.11 Å². The van der Waals surface area contributed by atoms with Gasteiger partial charge in [-0.25, -0.2) is 9.78 Å². The van der Waals surface area contributed by atoms with Gasteiger partial charge in [0.15, 0.2) is 0 Å². The number of likely N-dealkylation sites (tertiary alicyclic amines) is 1. The Morgan fingerprint density at radius 3 is 3.00 bits per heavy atom. The van der Waals surface area contributed by atoms with Crippen LogP contribution in [0.25, 0.3) is 0 Å². The summed E-state index contributed by atoms with van der Waals surface area (Å²) in [5.74, 6) is -0.166. The molecule has 1 aliphatic heterocycles. The lowest BCUT2D eigenvalue weighted by Crippen LogP contribution is -2.39. The molecule has 18 heavy (non-hydrogen) atoms. The maximum Gasteiger partial charge on any atom is 0.354 e. The van der Waals surface area contributed by atoms with Crippen molar-refractivity contribution in [3.05, 3.63) is 29.6 Å². The summed E-state index contributed by atoms with van der Waals surface area (Å²) in [7, 11) is 0. The maximum absolute atomic E-state index is 10.9. The van der Waals surface area contributed by atoms with Crippen LogP contribution in [0.4, 0.5) is 0 Å². The van der Waals surface area contributed by atoms with Crippen LogP contribution in [0, 0.1) is 5.92 Å². The zero-order chi connectivity index (χ0) is 13.1. The Labute approximate surface area is 108 Å². The van der Waals surface area contributed by atoms with E-state index in [2.05, 4.69) is 23.7 Å². The van der Waals surface area contributed by atoms with Gasteiger partial charge < -0.3 is 5.11 Å². The van der Waals surface area contributed by atoms with Crippen molar-refractivity contribution < 1.29 is 9.90 Å². The number of rotatable bonds is 3. The largest absolute Gasteiger partial charge is 0.477 e. The molecule has 2 atom stereocenters. The summed E-state index contributed by atoms with van der Waals surface area (Å²) in [6, 6.07) is 4.14. The van der Waals surface area contributed by atoms with Gasteiger partial charge in [0.1, 0.15) is 5.69 Å². The molecule has 0 aromatic carbocycles. The molecule has 0 spiro atoms. The lowest BCUT2D eigenvalue weighted by atomic mass is 9.93. The van der Waals surface area contributed by atoms with Crippen LogP contribution in [-0.4, -0.2) is 33.5 Å². The second kappa shape index (κ2) is 5.48. The second-order valence-electron chi connectivity index (χ2n) is 5.30. The Balaban J connectivity index is 2.05. The second-order valence-corrected chi connectivity index (χ2v) is 5.30. The first kappa shape index (κ1) is 13.0. The first-order valence-electron chi connectivity index (χ1n) is 6.48. The van der Waals surface area contributed by atoms with E-state index in [-0.39, 0.29) is 5.69 Å². The molecule has 0 bridgehead atoms. The third kappa shape index (κ3) is 3.07. The van der Waals surface area contributed by atoms with Crippen LogP contribution >= 0.6 is 0 Å². The first-order valence-corrected chi connectivity index (χ1v) is 6.48. The third-order valence-corrected chi connectivity index (χ3v) is 3.71. The van der Waals surface area contributed by atoms with Gasteiger partial charge in [-0.2, -0.15) is 0 Å². The summed E-state index contributed by atoms with van der Waals surface area (Å²) in [6.45, 7) is 6.45. The smallest absolute Gasteiger partial charge is 0.354 e. The quantitative estimate of drug-likeness (QED) is 0.892. The van der Waals surface area contributed by atoms with E-state index in [1.54, 1.807) is 12.3 Å². The van der Waals surface area contributed by atoms with Crippen molar-refractivity contribution >= 4 is 5.97 Å². The molecular weight excluding hydrogens is 228 g/mol. The number of carboxylic acids is 1. The Bertz CT molecular complexity index is 434. The van der Waals surface area contributed by atoms with Crippen LogP contribution in [0.1, 0.15) is 42.7 Å². The van der Waals surface area contributed by atoms with Gasteiger partial charge in [-0.3, -0.25) is 4.90 Å². The summed E-state index contributed by atoms with van der Waals surface area (Å²) in [6.07, 6.45) is 4.02. The number of piperidine rings is 1. The lowest BCUT2D eigenvalue weighted by Gasteiger charge is -2.36. The zero-order valence-electron chi connectivity index (χ0n) is 11.0. The minimum Gasteiger partial charge on any atom is -0.477 e. The van der Waals surface area contributed by atoms with Gasteiger partial charge in [0, 0.05) is 18.8 Å². The highest BCUT2D eigenvalue weighted by Gasteiger charge is 2.22. The molecule has 0 saturated carbocycles. The fourth-order valence-electron chi connectivity index (χ4n) is 2.61. The van der Waals surface area contributed by atoms with Gasteiger partial charge in [-0.1, -0.05) is 6.92 Å². The van der Waals surface area contributed by atoms with Crippen LogP contribution in [0.15, 0.2) is 18.3 Å². The van der Waals surface area contributed by atoms with E-state index in [9.17, 15) is 4.79 Å². The molecule has 0 radical (unpaired) electrons. The molecule has 4 heteroatoms. The van der Waals surface area contributed by atoms with E-state index < -0.39 is 5.97 Å². The van der Waals surface area contributed by atoms with E-state index in [0.717, 1.165) is 24.6 Å². The summed E-state index contributed by atoms with van der Waals surface area (Å²) >= 11 is 0. The first-order chi connectivity index (χ1) is 8.56. The monoisotopic (exact) mass is 248 g/mol. The highest BCUT2D eigenvalue weighted by Crippen LogP contribution is 2.23. The van der Waals surface area contributed by atoms with Crippen molar-refractivity contribution in [1.29, 1.82) is 0 Å². The molecule has 1 aromatic rings. The van der Waals surface area contributed by atoms with Crippen molar-refractivity contribution in [2.24, 2.45) is 5.92 Å². The number of hydrogen-bond donors (Lipinski definition) is 1. The molecule has 2 heterocycles. The molecule has 98 valence electrons. The number of pyridine rings is 1. The van der Waals surface area contributed by atoms with Crippen molar-refractivity contribution in [3.63, 3.8) is 0 Å². The number of aromatic carboxylic acids is 1. The third-order valence-electron chi connectivity index (χ3n) is 3.71. The standard InChI is InChI=1S/C14H20N2O2/c1-10-4-6-16(11(2)7-10)9-12-3-5-15-13(8-12)14(17)18/h3,5,8,10-11H,4,6-7,9H2,1-2H3,(H,17,18). The molecule has 2 unspecified atom stereocenters. The Morgan fingerprint density at radius 2 is 2.33 bits per heavy atom. The van der Waals surface area contributed by atoms with Gasteiger partial charge in [0.2, 0.25) is 0 Å². The number of nitrogens with zero attached hydrogens (tertiary/aromatic N) is 2. The van der Waals surface area contributed by atoms with Crippen LogP contribution < -0.4 is 0 Å². The van der Waals surface area contributed by atoms with Crippen molar-refractivity contribution in [1.82, 2.24) is 9.88 Å². The van der Waals surface area contributed by atoms with Gasteiger partial charge in [-0.15, -0.1) is 0 Å². The van der Waals surface area contributed by atoms with E-state index in [1.165, 1.54) is 12.8 Å². The Hall–Kier alpha value is -1.42. The highest BCUT2D eigenvalue weighted by molar-refractivity contribution is 5.85. The van der Waals surface area contributed by atoms with Crippen LogP contribution in [0.2, 0.25) is 0 Å². The minimum absolute atomic E-state index is 0.130. The molecule has 1 fully saturated rings. The van der Waals surface area contributed by atoms with Gasteiger partial charge in [0.25, 0.3) is 0 Å². The van der Waals surface area contributed by atoms with Crippen LogP contribution in [-0.2, 0) is 6.54 Å². The predicted octanol–water partition coefficient (Wildman–Crippen LogP) is 2.40. The molecule has 0 aliphatic carbocycles. The van der Waals surface area contributed by atoms with Crippen LogP contribution in [0.5, 0.6) is 0 Å². The van der Waals surface area contributed by atoms with Crippen molar-refractivity contribution in [2.45, 2.75) is 39.3 Å². The maximum atomic E-state index is 10.9. The van der Waals surface area contributed by atoms with Crippen LogP contribution in [0.3, 0.4) is 0 Å². The van der Waals surface area contributed by atoms with Crippen molar-refractivity contribution in [2.75, 3.05) is 6.54 Å². The molecule has 4 nitrogen and oxygen atoms in total. The number of carbonyl (C=O) groups is 1. The van der Waals surface area contributed by atoms with Gasteiger partial charge in [-0.05, 0) is 49.9 Å². The predicted molar refractivity (Wildman–Crippen MR) is 69.5 cm³/mol. The topological polar surface area (TPSA) is 53.4 Å². The Morgan fingerprint density at radius 1 is 1.56 bits per heavy atom. The molecule has 2 rings (SSSR count). The molecule has 1 N–H and O–H groups in total. The number of hydrogen-bond acceptors (Lipinski definition) is 3. The summed E-state index contributed by atoms with van der Waals surface area (Å²) in [5, 5.41) is 8.93. The highest BCUT2D eigenvalue weighted by atomic mass is 16.4.